The van der Waals surface area contributed by atoms with Crippen LogP contribution in [-0.4, -0.2) is 42.3 Å². The van der Waals surface area contributed by atoms with Crippen molar-refractivity contribution in [2.45, 2.75) is 19.8 Å². The third-order valence-electron chi connectivity index (χ3n) is 2.82. The lowest BCUT2D eigenvalue weighted by molar-refractivity contribution is -0.134. The largest absolute Gasteiger partial charge is 0.396 e. The Labute approximate surface area is 77.5 Å². The van der Waals surface area contributed by atoms with Crippen molar-refractivity contribution in [3.8, 4) is 0 Å². The summed E-state index contributed by atoms with van der Waals surface area (Å²) in [6, 6.07) is 0. The summed E-state index contributed by atoms with van der Waals surface area (Å²) in [7, 11) is 0. The summed E-state index contributed by atoms with van der Waals surface area (Å²) >= 11 is 0. The van der Waals surface area contributed by atoms with Gasteiger partial charge in [-0.3, -0.25) is 4.79 Å². The van der Waals surface area contributed by atoms with Crippen LogP contribution in [0, 0.1) is 5.41 Å². The Kier molecular flexibility index (Phi) is 3.25. The molecule has 0 spiro atoms. The van der Waals surface area contributed by atoms with E-state index in [4.69, 9.17) is 5.11 Å². The zero-order valence-corrected chi connectivity index (χ0v) is 7.92. The van der Waals surface area contributed by atoms with Gasteiger partial charge >= 0.3 is 0 Å². The summed E-state index contributed by atoms with van der Waals surface area (Å²) in [4.78, 5) is 12.5. The van der Waals surface area contributed by atoms with Crippen LogP contribution >= 0.6 is 0 Å². The number of aliphatic hydroxyl groups excluding tert-OH is 1. The van der Waals surface area contributed by atoms with Crippen LogP contribution in [0.4, 0.5) is 4.39 Å². The van der Waals surface area contributed by atoms with Gasteiger partial charge in [0.1, 0.15) is 0 Å². The molecule has 1 amide bonds. The molecule has 0 aromatic carbocycles. The topological polar surface area (TPSA) is 40.5 Å². The highest BCUT2D eigenvalue weighted by molar-refractivity contribution is 5.77. The molecule has 0 aliphatic carbocycles. The Bertz CT molecular complexity index is 188. The lowest BCUT2D eigenvalue weighted by Crippen LogP contribution is -2.44. The number of halogens is 1. The molecule has 1 rings (SSSR count). The summed E-state index contributed by atoms with van der Waals surface area (Å²) in [6.45, 7) is 2.37. The van der Waals surface area contributed by atoms with Crippen LogP contribution in [0.25, 0.3) is 0 Å². The van der Waals surface area contributed by atoms with Gasteiger partial charge in [0.25, 0.3) is 5.91 Å². The fourth-order valence-electron chi connectivity index (χ4n) is 1.54. The Hall–Kier alpha value is -0.640. The van der Waals surface area contributed by atoms with Crippen molar-refractivity contribution in [1.82, 2.24) is 4.90 Å². The fourth-order valence-corrected chi connectivity index (χ4v) is 1.54. The minimum atomic E-state index is -0.907. The van der Waals surface area contributed by atoms with Crippen molar-refractivity contribution in [3.05, 3.63) is 0 Å². The molecule has 0 aromatic rings. The molecule has 1 fully saturated rings. The van der Waals surface area contributed by atoms with Crippen molar-refractivity contribution in [3.63, 3.8) is 0 Å². The predicted molar refractivity (Wildman–Crippen MR) is 47.0 cm³/mol. The number of likely N-dealkylation sites (tertiary alicyclic amines) is 1. The number of aliphatic hydroxyl groups is 1. The van der Waals surface area contributed by atoms with E-state index in [-0.39, 0.29) is 12.0 Å². The summed E-state index contributed by atoms with van der Waals surface area (Å²) in [5.74, 6) is -0.431. The molecule has 76 valence electrons. The van der Waals surface area contributed by atoms with Crippen LogP contribution in [0.3, 0.4) is 0 Å². The van der Waals surface area contributed by atoms with Crippen molar-refractivity contribution in [2.24, 2.45) is 5.41 Å². The van der Waals surface area contributed by atoms with E-state index in [1.165, 1.54) is 4.90 Å². The van der Waals surface area contributed by atoms with E-state index in [0.29, 0.717) is 13.1 Å². The molecule has 0 unspecified atom stereocenters. The van der Waals surface area contributed by atoms with E-state index in [1.807, 2.05) is 6.92 Å². The molecule has 0 atom stereocenters. The molecule has 1 N–H and O–H groups in total. The lowest BCUT2D eigenvalue weighted by atomic mass is 9.81. The van der Waals surface area contributed by atoms with E-state index in [9.17, 15) is 9.18 Å². The monoisotopic (exact) mass is 189 g/mol. The smallest absolute Gasteiger partial charge is 0.253 e. The van der Waals surface area contributed by atoms with Crippen LogP contribution in [0.5, 0.6) is 0 Å². The van der Waals surface area contributed by atoms with E-state index in [1.54, 1.807) is 0 Å². The number of hydrogen-bond acceptors (Lipinski definition) is 2. The normalized spacial score (nSPS) is 21.6. The van der Waals surface area contributed by atoms with Gasteiger partial charge in [0, 0.05) is 19.7 Å². The molecule has 0 radical (unpaired) electrons. The van der Waals surface area contributed by atoms with Crippen molar-refractivity contribution >= 4 is 5.91 Å². The lowest BCUT2D eigenvalue weighted by Gasteiger charge is -2.37. The highest BCUT2D eigenvalue weighted by Gasteiger charge is 2.30. The van der Waals surface area contributed by atoms with Crippen LogP contribution < -0.4 is 0 Å². The molecule has 1 heterocycles. The maximum absolute atomic E-state index is 12.0. The summed E-state index contributed by atoms with van der Waals surface area (Å²) < 4.78 is 12.0. The average molecular weight is 189 g/mol. The third kappa shape index (κ3) is 2.40. The third-order valence-corrected chi connectivity index (χ3v) is 2.82. The quantitative estimate of drug-likeness (QED) is 0.690. The zero-order chi connectivity index (χ0) is 9.90. The van der Waals surface area contributed by atoms with Gasteiger partial charge in [0.2, 0.25) is 0 Å². The molecule has 0 aromatic heterocycles. The number of carbonyl (C=O) groups excluding carboxylic acids is 1. The van der Waals surface area contributed by atoms with Crippen molar-refractivity contribution < 1.29 is 14.3 Å². The van der Waals surface area contributed by atoms with Crippen molar-refractivity contribution in [1.29, 1.82) is 0 Å². The second-order valence-electron chi connectivity index (χ2n) is 3.98. The zero-order valence-electron chi connectivity index (χ0n) is 7.92. The van der Waals surface area contributed by atoms with Gasteiger partial charge in [-0.15, -0.1) is 0 Å². The predicted octanol–water partition coefficient (Wildman–Crippen LogP) is 0.577. The molecule has 1 aliphatic heterocycles. The molecule has 13 heavy (non-hydrogen) atoms. The maximum Gasteiger partial charge on any atom is 0.253 e. The van der Waals surface area contributed by atoms with Crippen molar-refractivity contribution in [2.75, 3.05) is 26.4 Å². The van der Waals surface area contributed by atoms with Gasteiger partial charge < -0.3 is 10.0 Å². The summed E-state index contributed by atoms with van der Waals surface area (Å²) in [5.41, 5.74) is -0.0763. The van der Waals surface area contributed by atoms with Crippen LogP contribution in [-0.2, 0) is 4.79 Å². The highest BCUT2D eigenvalue weighted by atomic mass is 19.1. The Morgan fingerprint density at radius 2 is 2.08 bits per heavy atom. The Morgan fingerprint density at radius 3 is 2.46 bits per heavy atom. The number of carbonyl (C=O) groups is 1. The molecule has 1 saturated heterocycles. The molecule has 1 aliphatic rings. The average Bonchev–Trinajstić information content (AvgIpc) is 2.18. The molecule has 0 bridgehead atoms. The molecule has 3 nitrogen and oxygen atoms in total. The van der Waals surface area contributed by atoms with E-state index in [0.717, 1.165) is 12.8 Å². The number of piperidine rings is 1. The van der Waals surface area contributed by atoms with E-state index in [2.05, 4.69) is 0 Å². The Morgan fingerprint density at radius 1 is 1.54 bits per heavy atom. The minimum absolute atomic E-state index is 0.0763. The molecule has 0 saturated carbocycles. The Balaban J connectivity index is 2.43. The van der Waals surface area contributed by atoms with Gasteiger partial charge in [-0.05, 0) is 18.3 Å². The highest BCUT2D eigenvalue weighted by Crippen LogP contribution is 2.29. The minimum Gasteiger partial charge on any atom is -0.396 e. The summed E-state index contributed by atoms with van der Waals surface area (Å²) in [6.07, 6.45) is 1.52. The number of nitrogens with zero attached hydrogens (tertiary/aromatic N) is 1. The first kappa shape index (κ1) is 10.4. The number of alkyl halides is 1. The molecular weight excluding hydrogens is 173 g/mol. The fraction of sp³-hybridized carbons (Fsp3) is 0.889. The maximum atomic E-state index is 12.0. The second kappa shape index (κ2) is 4.05. The molecular formula is C9H16FNO2. The van der Waals surface area contributed by atoms with Gasteiger partial charge in [-0.2, -0.15) is 0 Å². The summed E-state index contributed by atoms with van der Waals surface area (Å²) in [5, 5.41) is 9.05. The second-order valence-corrected chi connectivity index (χ2v) is 3.98. The van der Waals surface area contributed by atoms with E-state index < -0.39 is 12.6 Å². The number of amides is 1. The van der Waals surface area contributed by atoms with Crippen LogP contribution in [0.2, 0.25) is 0 Å². The SMILES string of the molecule is CC1(CO)CCN(C(=O)CF)CC1. The standard InChI is InChI=1S/C9H16FNO2/c1-9(7-12)2-4-11(5-3-9)8(13)6-10/h12H,2-7H2,1H3. The van der Waals surface area contributed by atoms with E-state index >= 15 is 0 Å². The first-order valence-corrected chi connectivity index (χ1v) is 4.56. The number of hydrogen-bond donors (Lipinski definition) is 1. The van der Waals surface area contributed by atoms with Crippen LogP contribution in [0.15, 0.2) is 0 Å². The van der Waals surface area contributed by atoms with Gasteiger partial charge in [-0.1, -0.05) is 6.92 Å². The number of rotatable bonds is 2. The first-order valence-electron chi connectivity index (χ1n) is 4.56. The molecule has 4 heteroatoms. The van der Waals surface area contributed by atoms with Gasteiger partial charge in [0.15, 0.2) is 6.67 Å². The first-order chi connectivity index (χ1) is 6.11. The van der Waals surface area contributed by atoms with Crippen LogP contribution in [0.1, 0.15) is 19.8 Å². The van der Waals surface area contributed by atoms with Gasteiger partial charge in [-0.25, -0.2) is 4.39 Å². The van der Waals surface area contributed by atoms with Gasteiger partial charge in [0.05, 0.1) is 0 Å².